The van der Waals surface area contributed by atoms with Crippen LogP contribution in [0.25, 0.3) is 0 Å². The Kier molecular flexibility index (Phi) is 4.58. The smallest absolute Gasteiger partial charge is 0.119 e. The number of ether oxygens (including phenoxy) is 1. The summed E-state index contributed by atoms with van der Waals surface area (Å²) < 4.78 is 7.32. The van der Waals surface area contributed by atoms with E-state index in [1.807, 2.05) is 43.2 Å². The van der Waals surface area contributed by atoms with E-state index in [1.54, 1.807) is 0 Å². The molecule has 102 valence electrons. The minimum absolute atomic E-state index is 0.282. The van der Waals surface area contributed by atoms with E-state index >= 15 is 0 Å². The van der Waals surface area contributed by atoms with Gasteiger partial charge < -0.3 is 10.1 Å². The zero-order valence-corrected chi connectivity index (χ0v) is 11.8. The number of aryl methyl sites for hydroxylation is 1. The fourth-order valence-corrected chi connectivity index (χ4v) is 1.96. The van der Waals surface area contributed by atoms with Gasteiger partial charge in [0.05, 0.1) is 12.8 Å². The number of hydrogen-bond donors (Lipinski definition) is 1. The van der Waals surface area contributed by atoms with Crippen LogP contribution in [0.3, 0.4) is 0 Å². The second kappa shape index (κ2) is 6.38. The Morgan fingerprint density at radius 1 is 1.42 bits per heavy atom. The summed E-state index contributed by atoms with van der Waals surface area (Å²) in [5.74, 6) is 0.927. The summed E-state index contributed by atoms with van der Waals surface area (Å²) >= 11 is 0. The van der Waals surface area contributed by atoms with Crippen molar-refractivity contribution in [2.75, 3.05) is 6.61 Å². The Bertz CT molecular complexity index is 522. The number of hydrogen-bond acceptors (Lipinski definition) is 3. The van der Waals surface area contributed by atoms with Gasteiger partial charge in [0.25, 0.3) is 0 Å². The van der Waals surface area contributed by atoms with Crippen LogP contribution in [-0.4, -0.2) is 16.4 Å². The zero-order chi connectivity index (χ0) is 13.7. The van der Waals surface area contributed by atoms with E-state index in [1.165, 1.54) is 11.1 Å². The van der Waals surface area contributed by atoms with Gasteiger partial charge in [-0.3, -0.25) is 4.68 Å². The number of rotatable bonds is 6. The van der Waals surface area contributed by atoms with Crippen molar-refractivity contribution in [1.82, 2.24) is 15.1 Å². The minimum atomic E-state index is 0.282. The molecule has 0 aliphatic heterocycles. The van der Waals surface area contributed by atoms with Crippen molar-refractivity contribution in [1.29, 1.82) is 0 Å². The first-order valence-corrected chi connectivity index (χ1v) is 6.62. The molecule has 2 aromatic rings. The van der Waals surface area contributed by atoms with Gasteiger partial charge in [0.1, 0.15) is 5.75 Å². The monoisotopic (exact) mass is 259 g/mol. The molecule has 0 fully saturated rings. The fourth-order valence-electron chi connectivity index (χ4n) is 1.96. The van der Waals surface area contributed by atoms with Gasteiger partial charge in [-0.25, -0.2) is 0 Å². The third kappa shape index (κ3) is 3.83. The van der Waals surface area contributed by atoms with E-state index < -0.39 is 0 Å². The van der Waals surface area contributed by atoms with Crippen LogP contribution in [0.4, 0.5) is 0 Å². The summed E-state index contributed by atoms with van der Waals surface area (Å²) in [6.45, 7) is 5.65. The topological polar surface area (TPSA) is 39.1 Å². The minimum Gasteiger partial charge on any atom is -0.494 e. The van der Waals surface area contributed by atoms with Gasteiger partial charge in [0.2, 0.25) is 0 Å². The molecular formula is C15H21N3O. The fraction of sp³-hybridized carbons (Fsp3) is 0.400. The van der Waals surface area contributed by atoms with Crippen molar-refractivity contribution in [2.24, 2.45) is 7.05 Å². The molecule has 0 aliphatic carbocycles. The van der Waals surface area contributed by atoms with Gasteiger partial charge in [-0.2, -0.15) is 5.10 Å². The van der Waals surface area contributed by atoms with Crippen molar-refractivity contribution in [3.05, 3.63) is 47.8 Å². The zero-order valence-electron chi connectivity index (χ0n) is 11.8. The summed E-state index contributed by atoms with van der Waals surface area (Å²) in [4.78, 5) is 0. The maximum Gasteiger partial charge on any atom is 0.119 e. The lowest BCUT2D eigenvalue weighted by molar-refractivity contribution is 0.339. The molecule has 1 N–H and O–H groups in total. The standard InChI is InChI=1S/C15H21N3O/c1-4-19-15-7-5-6-13(8-15)9-16-12(2)14-10-17-18(3)11-14/h5-8,10-12,16H,4,9H2,1-3H3. The molecule has 1 heterocycles. The normalized spacial score (nSPS) is 12.4. The Hall–Kier alpha value is -1.81. The first-order chi connectivity index (χ1) is 9.19. The molecule has 0 bridgehead atoms. The number of nitrogens with zero attached hydrogens (tertiary/aromatic N) is 2. The molecule has 0 spiro atoms. The molecule has 1 aromatic carbocycles. The Balaban J connectivity index is 1.93. The van der Waals surface area contributed by atoms with Crippen molar-refractivity contribution in [3.8, 4) is 5.75 Å². The second-order valence-electron chi connectivity index (χ2n) is 4.63. The Morgan fingerprint density at radius 3 is 2.95 bits per heavy atom. The van der Waals surface area contributed by atoms with Crippen LogP contribution >= 0.6 is 0 Å². The van der Waals surface area contributed by atoms with Gasteiger partial charge in [-0.1, -0.05) is 12.1 Å². The van der Waals surface area contributed by atoms with Crippen molar-refractivity contribution >= 4 is 0 Å². The quantitative estimate of drug-likeness (QED) is 0.867. The van der Waals surface area contributed by atoms with Gasteiger partial charge >= 0.3 is 0 Å². The van der Waals surface area contributed by atoms with Gasteiger partial charge in [-0.15, -0.1) is 0 Å². The SMILES string of the molecule is CCOc1cccc(CNC(C)c2cnn(C)c2)c1. The number of aromatic nitrogens is 2. The summed E-state index contributed by atoms with van der Waals surface area (Å²) in [5, 5.41) is 7.68. The summed E-state index contributed by atoms with van der Waals surface area (Å²) in [6, 6.07) is 8.47. The van der Waals surface area contributed by atoms with Crippen molar-refractivity contribution in [2.45, 2.75) is 26.4 Å². The van der Waals surface area contributed by atoms with Crippen LogP contribution in [0.1, 0.15) is 31.0 Å². The summed E-state index contributed by atoms with van der Waals surface area (Å²) in [5.41, 5.74) is 2.42. The van der Waals surface area contributed by atoms with E-state index in [2.05, 4.69) is 29.5 Å². The molecule has 0 saturated heterocycles. The number of nitrogens with one attached hydrogen (secondary N) is 1. The summed E-state index contributed by atoms with van der Waals surface area (Å²) in [7, 11) is 1.93. The lowest BCUT2D eigenvalue weighted by Gasteiger charge is -2.12. The van der Waals surface area contributed by atoms with Gasteiger partial charge in [-0.05, 0) is 31.5 Å². The third-order valence-corrected chi connectivity index (χ3v) is 3.05. The summed E-state index contributed by atoms with van der Waals surface area (Å²) in [6.07, 6.45) is 3.93. The van der Waals surface area contributed by atoms with E-state index in [4.69, 9.17) is 4.74 Å². The first kappa shape index (κ1) is 13.6. The third-order valence-electron chi connectivity index (χ3n) is 3.05. The van der Waals surface area contributed by atoms with Crippen LogP contribution in [0.15, 0.2) is 36.7 Å². The highest BCUT2D eigenvalue weighted by atomic mass is 16.5. The largest absolute Gasteiger partial charge is 0.494 e. The molecule has 1 aromatic heterocycles. The molecule has 0 aliphatic rings. The highest BCUT2D eigenvalue weighted by Crippen LogP contribution is 2.15. The maximum atomic E-state index is 5.50. The highest BCUT2D eigenvalue weighted by Gasteiger charge is 2.06. The molecule has 0 radical (unpaired) electrons. The molecule has 1 unspecified atom stereocenters. The lowest BCUT2D eigenvalue weighted by Crippen LogP contribution is -2.17. The molecule has 1 atom stereocenters. The molecule has 2 rings (SSSR count). The average molecular weight is 259 g/mol. The van der Waals surface area contributed by atoms with Gasteiger partial charge in [0, 0.05) is 31.4 Å². The van der Waals surface area contributed by atoms with Crippen LogP contribution in [0.2, 0.25) is 0 Å². The molecule has 0 saturated carbocycles. The Morgan fingerprint density at radius 2 is 2.26 bits per heavy atom. The van der Waals surface area contributed by atoms with E-state index in [0.29, 0.717) is 6.61 Å². The van der Waals surface area contributed by atoms with E-state index in [-0.39, 0.29) is 6.04 Å². The predicted molar refractivity (Wildman–Crippen MR) is 76.1 cm³/mol. The van der Waals surface area contributed by atoms with Crippen LogP contribution in [0, 0.1) is 0 Å². The molecule has 0 amide bonds. The predicted octanol–water partition coefficient (Wildman–Crippen LogP) is 2.67. The molecular weight excluding hydrogens is 238 g/mol. The average Bonchev–Trinajstić information content (AvgIpc) is 2.84. The molecule has 19 heavy (non-hydrogen) atoms. The highest BCUT2D eigenvalue weighted by molar-refractivity contribution is 5.28. The van der Waals surface area contributed by atoms with Crippen molar-refractivity contribution in [3.63, 3.8) is 0 Å². The van der Waals surface area contributed by atoms with Crippen LogP contribution in [-0.2, 0) is 13.6 Å². The van der Waals surface area contributed by atoms with Crippen molar-refractivity contribution < 1.29 is 4.74 Å². The Labute approximate surface area is 114 Å². The molecule has 4 nitrogen and oxygen atoms in total. The maximum absolute atomic E-state index is 5.50. The second-order valence-corrected chi connectivity index (χ2v) is 4.63. The van der Waals surface area contributed by atoms with Crippen LogP contribution < -0.4 is 10.1 Å². The van der Waals surface area contributed by atoms with E-state index in [9.17, 15) is 0 Å². The first-order valence-electron chi connectivity index (χ1n) is 6.62. The van der Waals surface area contributed by atoms with Gasteiger partial charge in [0.15, 0.2) is 0 Å². The number of benzene rings is 1. The van der Waals surface area contributed by atoms with E-state index in [0.717, 1.165) is 12.3 Å². The lowest BCUT2D eigenvalue weighted by atomic mass is 10.1. The van der Waals surface area contributed by atoms with Crippen LogP contribution in [0.5, 0.6) is 5.75 Å². The molecule has 4 heteroatoms.